The van der Waals surface area contributed by atoms with E-state index in [4.69, 9.17) is 21.1 Å². The summed E-state index contributed by atoms with van der Waals surface area (Å²) in [6.07, 6.45) is 3.40. The highest BCUT2D eigenvalue weighted by atomic mass is 35.5. The maximum absolute atomic E-state index is 12.5. The molecule has 168 valence electrons. The summed E-state index contributed by atoms with van der Waals surface area (Å²) >= 11 is 6.40. The maximum Gasteiger partial charge on any atom is 0.253 e. The second-order valence-corrected chi connectivity index (χ2v) is 7.86. The Hall–Kier alpha value is -2.51. The highest BCUT2D eigenvalue weighted by Crippen LogP contribution is 2.36. The molecule has 0 atom stereocenters. The van der Waals surface area contributed by atoms with Gasteiger partial charge in [0.15, 0.2) is 0 Å². The van der Waals surface area contributed by atoms with Crippen molar-refractivity contribution in [3.63, 3.8) is 0 Å². The van der Waals surface area contributed by atoms with Crippen LogP contribution in [0.1, 0.15) is 42.6 Å². The molecule has 3 rings (SSSR count). The van der Waals surface area contributed by atoms with Crippen LogP contribution in [-0.4, -0.2) is 55.2 Å². The van der Waals surface area contributed by atoms with E-state index in [0.29, 0.717) is 35.3 Å². The summed E-state index contributed by atoms with van der Waals surface area (Å²) < 4.78 is 11.4. The first-order valence-electron chi connectivity index (χ1n) is 10.8. The first-order valence-corrected chi connectivity index (χ1v) is 11.2. The van der Waals surface area contributed by atoms with Crippen LogP contribution in [0, 0.1) is 0 Å². The van der Waals surface area contributed by atoms with Crippen LogP contribution in [0.2, 0.25) is 5.02 Å². The molecule has 2 N–H and O–H groups in total. The van der Waals surface area contributed by atoms with E-state index in [1.807, 2.05) is 26.0 Å². The second-order valence-electron chi connectivity index (χ2n) is 7.48. The van der Waals surface area contributed by atoms with Crippen molar-refractivity contribution in [3.8, 4) is 11.5 Å². The molecule has 0 spiro atoms. The molecule has 0 saturated carbocycles. The third kappa shape index (κ3) is 6.24. The summed E-state index contributed by atoms with van der Waals surface area (Å²) in [5, 5.41) is 6.60. The minimum atomic E-state index is -0.0750. The van der Waals surface area contributed by atoms with Crippen LogP contribution >= 0.6 is 11.6 Å². The van der Waals surface area contributed by atoms with E-state index >= 15 is 0 Å². The molecule has 1 aromatic heterocycles. The lowest BCUT2D eigenvalue weighted by molar-refractivity contribution is 0.0908. The number of aromatic nitrogens is 1. The average Bonchev–Trinajstić information content (AvgIpc) is 2.78. The molecule has 1 saturated heterocycles. The Bertz CT molecular complexity index is 841. The number of anilines is 1. The second kappa shape index (κ2) is 11.2. The smallest absolute Gasteiger partial charge is 0.253 e. The summed E-state index contributed by atoms with van der Waals surface area (Å²) in [6, 6.07) is 7.73. The zero-order chi connectivity index (χ0) is 22.2. The number of nitrogens with one attached hydrogen (secondary N) is 2. The van der Waals surface area contributed by atoms with Gasteiger partial charge in [0.2, 0.25) is 0 Å². The van der Waals surface area contributed by atoms with Crippen molar-refractivity contribution in [1.29, 1.82) is 0 Å². The van der Waals surface area contributed by atoms with E-state index in [1.165, 1.54) is 0 Å². The van der Waals surface area contributed by atoms with E-state index < -0.39 is 0 Å². The number of amides is 1. The number of piperidine rings is 1. The SMILES string of the molecule is CCOc1cc(CN2CCC(NC(=O)c3ccc(NC)nc3)CC2)cc(OCC)c1Cl. The van der Waals surface area contributed by atoms with Crippen LogP contribution in [0.5, 0.6) is 11.5 Å². The van der Waals surface area contributed by atoms with Crippen LogP contribution in [0.25, 0.3) is 0 Å². The van der Waals surface area contributed by atoms with E-state index in [0.717, 1.165) is 43.9 Å². The zero-order valence-corrected chi connectivity index (χ0v) is 19.2. The van der Waals surface area contributed by atoms with Gasteiger partial charge < -0.3 is 20.1 Å². The Balaban J connectivity index is 1.55. The van der Waals surface area contributed by atoms with Crippen molar-refractivity contribution in [3.05, 3.63) is 46.6 Å². The molecule has 8 heteroatoms. The minimum Gasteiger partial charge on any atom is -0.492 e. The fourth-order valence-electron chi connectivity index (χ4n) is 3.68. The van der Waals surface area contributed by atoms with Gasteiger partial charge in [-0.2, -0.15) is 0 Å². The standard InChI is InChI=1S/C23H31ClN4O3/c1-4-30-19-12-16(13-20(22(19)24)31-5-2)15-28-10-8-18(9-11-28)27-23(29)17-6-7-21(25-3)26-14-17/h6-7,12-14,18H,4-5,8-11,15H2,1-3H3,(H,25,26)(H,27,29). The van der Waals surface area contributed by atoms with Crippen LogP contribution in [-0.2, 0) is 6.54 Å². The molecule has 0 bridgehead atoms. The van der Waals surface area contributed by atoms with E-state index in [-0.39, 0.29) is 11.9 Å². The van der Waals surface area contributed by atoms with Crippen molar-refractivity contribution in [2.75, 3.05) is 38.7 Å². The third-order valence-corrected chi connectivity index (χ3v) is 5.65. The monoisotopic (exact) mass is 446 g/mol. The molecule has 7 nitrogen and oxygen atoms in total. The number of likely N-dealkylation sites (tertiary alicyclic amines) is 1. The van der Waals surface area contributed by atoms with Crippen molar-refractivity contribution in [1.82, 2.24) is 15.2 Å². The number of hydrogen-bond acceptors (Lipinski definition) is 6. The molecular weight excluding hydrogens is 416 g/mol. The average molecular weight is 447 g/mol. The van der Waals surface area contributed by atoms with Gasteiger partial charge in [0.05, 0.1) is 18.8 Å². The number of carbonyl (C=O) groups is 1. The number of nitrogens with zero attached hydrogens (tertiary/aromatic N) is 2. The van der Waals surface area contributed by atoms with Gasteiger partial charge in [-0.15, -0.1) is 0 Å². The van der Waals surface area contributed by atoms with Crippen LogP contribution in [0.4, 0.5) is 5.82 Å². The van der Waals surface area contributed by atoms with Crippen LogP contribution in [0.15, 0.2) is 30.5 Å². The van der Waals surface area contributed by atoms with E-state index in [1.54, 1.807) is 25.4 Å². The van der Waals surface area contributed by atoms with Gasteiger partial charge in [0, 0.05) is 38.9 Å². The lowest BCUT2D eigenvalue weighted by Crippen LogP contribution is -2.44. The number of benzene rings is 1. The van der Waals surface area contributed by atoms with E-state index in [2.05, 4.69) is 20.5 Å². The molecule has 1 aliphatic rings. The molecule has 31 heavy (non-hydrogen) atoms. The van der Waals surface area contributed by atoms with Gasteiger partial charge in [0.1, 0.15) is 22.3 Å². The molecular formula is C23H31ClN4O3. The van der Waals surface area contributed by atoms with Crippen molar-refractivity contribution in [2.45, 2.75) is 39.3 Å². The van der Waals surface area contributed by atoms with Crippen molar-refractivity contribution < 1.29 is 14.3 Å². The molecule has 1 fully saturated rings. The number of pyridine rings is 1. The number of halogens is 1. The largest absolute Gasteiger partial charge is 0.492 e. The first kappa shape index (κ1) is 23.2. The van der Waals surface area contributed by atoms with E-state index in [9.17, 15) is 4.79 Å². The number of carbonyl (C=O) groups excluding carboxylic acids is 1. The third-order valence-electron chi connectivity index (χ3n) is 5.28. The summed E-state index contributed by atoms with van der Waals surface area (Å²) in [7, 11) is 1.80. The fourth-order valence-corrected chi connectivity index (χ4v) is 3.90. The lowest BCUT2D eigenvalue weighted by Gasteiger charge is -2.32. The van der Waals surface area contributed by atoms with Gasteiger partial charge in [-0.25, -0.2) is 4.98 Å². The number of hydrogen-bond donors (Lipinski definition) is 2. The Morgan fingerprint density at radius 3 is 2.32 bits per heavy atom. The molecule has 0 unspecified atom stereocenters. The lowest BCUT2D eigenvalue weighted by atomic mass is 10.0. The Labute approximate surface area is 189 Å². The molecule has 2 heterocycles. The molecule has 0 aliphatic carbocycles. The highest BCUT2D eigenvalue weighted by Gasteiger charge is 2.22. The normalized spacial score (nSPS) is 14.8. The molecule has 2 aromatic rings. The summed E-state index contributed by atoms with van der Waals surface area (Å²) in [5.74, 6) is 1.98. The maximum atomic E-state index is 12.5. The topological polar surface area (TPSA) is 75.7 Å². The summed E-state index contributed by atoms with van der Waals surface area (Å²) in [6.45, 7) is 7.56. The zero-order valence-electron chi connectivity index (χ0n) is 18.4. The quantitative estimate of drug-likeness (QED) is 0.607. The van der Waals surface area contributed by atoms with Crippen molar-refractivity contribution >= 4 is 23.3 Å². The Morgan fingerprint density at radius 1 is 1.16 bits per heavy atom. The van der Waals surface area contributed by atoms with Gasteiger partial charge in [-0.05, 0) is 56.5 Å². The molecule has 1 aliphatic heterocycles. The van der Waals surface area contributed by atoms with Crippen LogP contribution in [0.3, 0.4) is 0 Å². The number of ether oxygens (including phenoxy) is 2. The molecule has 0 radical (unpaired) electrons. The van der Waals surface area contributed by atoms with Gasteiger partial charge in [-0.3, -0.25) is 9.69 Å². The van der Waals surface area contributed by atoms with Gasteiger partial charge in [0.25, 0.3) is 5.91 Å². The number of rotatable bonds is 9. The predicted octanol–water partition coefficient (Wildman–Crippen LogP) is 3.97. The van der Waals surface area contributed by atoms with Crippen LogP contribution < -0.4 is 20.1 Å². The Morgan fingerprint density at radius 2 is 1.81 bits per heavy atom. The summed E-state index contributed by atoms with van der Waals surface area (Å²) in [4.78, 5) is 19.1. The highest BCUT2D eigenvalue weighted by molar-refractivity contribution is 6.33. The molecule has 1 amide bonds. The molecule has 1 aromatic carbocycles. The minimum absolute atomic E-state index is 0.0750. The van der Waals surface area contributed by atoms with Gasteiger partial charge in [-0.1, -0.05) is 11.6 Å². The fraction of sp³-hybridized carbons (Fsp3) is 0.478. The Kier molecular flexibility index (Phi) is 8.37. The van der Waals surface area contributed by atoms with Crippen molar-refractivity contribution in [2.24, 2.45) is 0 Å². The summed E-state index contributed by atoms with van der Waals surface area (Å²) in [5.41, 5.74) is 1.68. The first-order chi connectivity index (χ1) is 15.0. The predicted molar refractivity (Wildman–Crippen MR) is 123 cm³/mol. The van der Waals surface area contributed by atoms with Gasteiger partial charge >= 0.3 is 0 Å².